The Balaban J connectivity index is 3.30. The monoisotopic (exact) mass is 228 g/mol. The van der Waals surface area contributed by atoms with Crippen LogP contribution in [-0.2, 0) is 10.0 Å². The van der Waals surface area contributed by atoms with Gasteiger partial charge in [-0.15, -0.1) is 0 Å². The molecule has 0 aromatic heterocycles. The fraction of sp³-hybridized carbons (Fsp3) is 0. The summed E-state index contributed by atoms with van der Waals surface area (Å²) in [5, 5.41) is 0. The molecule has 0 aliphatic rings. The second-order valence-corrected chi connectivity index (χ2v) is 3.84. The Bertz CT molecular complexity index is 55.7. The molecule has 10 heteroatoms. The van der Waals surface area contributed by atoms with Crippen molar-refractivity contribution in [2.24, 2.45) is 0 Å². The Kier molecular flexibility index (Phi) is 9.22. The lowest BCUT2D eigenvalue weighted by Crippen LogP contribution is -2.32. The molecular weight excluding hydrogens is 229 g/mol. The highest BCUT2D eigenvalue weighted by Gasteiger charge is 2.50. The average Bonchev–Trinajstić information content (AvgIpc) is 1.90. The maximum Gasteiger partial charge on any atom is 1.08 e. The fourth-order valence-electron chi connectivity index (χ4n) is 0.130. The highest BCUT2D eigenvalue weighted by atomic mass is 35.6. The molecule has 0 aromatic carbocycles. The minimum absolute atomic E-state index is 0.145. The molecule has 0 spiro atoms. The maximum absolute atomic E-state index is 9.57. The van der Waals surface area contributed by atoms with E-state index in [4.69, 9.17) is 0 Å². The summed E-state index contributed by atoms with van der Waals surface area (Å²) in [7, 11) is 0. The SMILES string of the molecule is [O-][Cl+][O][Al]([O][Cl+][O-])[O][Cl+][O-]. The standard InChI is InChI=1S/Al.3ClO2/c;3*2-1-3/q+3;3*-1. The third-order valence-electron chi connectivity index (χ3n) is 0.327. The van der Waals surface area contributed by atoms with Crippen LogP contribution < -0.4 is 14.0 Å². The predicted octanol–water partition coefficient (Wildman–Crippen LogP) is -4.15. The molecule has 0 fully saturated rings. The first-order valence-electron chi connectivity index (χ1n) is 1.63. The van der Waals surface area contributed by atoms with Crippen LogP contribution in [0.5, 0.6) is 0 Å². The van der Waals surface area contributed by atoms with Crippen molar-refractivity contribution in [1.29, 1.82) is 0 Å². The Labute approximate surface area is 73.3 Å². The summed E-state index contributed by atoms with van der Waals surface area (Å²) in [5.41, 5.74) is 0. The van der Waals surface area contributed by atoms with E-state index in [1.165, 1.54) is 0 Å². The van der Waals surface area contributed by atoms with Gasteiger partial charge in [0, 0.05) is 0 Å². The van der Waals surface area contributed by atoms with E-state index in [-0.39, 0.29) is 34.0 Å². The number of rotatable bonds is 6. The lowest BCUT2D eigenvalue weighted by molar-refractivity contribution is -1.29. The van der Waals surface area contributed by atoms with Gasteiger partial charge in [0.15, 0.2) is 0 Å². The maximum atomic E-state index is 9.57. The van der Waals surface area contributed by atoms with Gasteiger partial charge in [-0.1, -0.05) is 0 Å². The van der Waals surface area contributed by atoms with Gasteiger partial charge in [-0.2, -0.15) is 10.0 Å². The lowest BCUT2D eigenvalue weighted by atomic mass is 15.7. The summed E-state index contributed by atoms with van der Waals surface area (Å²) in [6.07, 6.45) is 0. The van der Waals surface area contributed by atoms with Gasteiger partial charge in [-0.05, 0) is 0 Å². The average molecular weight is 229 g/mol. The summed E-state index contributed by atoms with van der Waals surface area (Å²) in [5.74, 6) is 0. The van der Waals surface area contributed by atoms with Crippen LogP contribution in [0.1, 0.15) is 0 Å². The van der Waals surface area contributed by atoms with Gasteiger partial charge in [0.05, 0.1) is 0 Å². The topological polar surface area (TPSA) is 96.9 Å². The first-order chi connectivity index (χ1) is 4.85. The van der Waals surface area contributed by atoms with E-state index in [9.17, 15) is 14.0 Å². The summed E-state index contributed by atoms with van der Waals surface area (Å²) in [4.78, 5) is 0. The molecule has 0 saturated heterocycles. The van der Waals surface area contributed by atoms with Crippen LogP contribution >= 0.6 is 0 Å². The molecule has 0 N–H and O–H groups in total. The van der Waals surface area contributed by atoms with Gasteiger partial charge in [0.2, 0.25) is 0 Å². The molecule has 0 rings (SSSR count). The van der Waals surface area contributed by atoms with Crippen molar-refractivity contribution < 1.29 is 58.0 Å². The van der Waals surface area contributed by atoms with Gasteiger partial charge in [0.1, 0.15) is 0 Å². The van der Waals surface area contributed by atoms with Crippen LogP contribution in [0.2, 0.25) is 0 Å². The zero-order chi connectivity index (χ0) is 7.82. The summed E-state index contributed by atoms with van der Waals surface area (Å²) in [6.45, 7) is 0. The number of halogens is 3. The molecule has 0 heterocycles. The molecule has 10 heavy (non-hydrogen) atoms. The van der Waals surface area contributed by atoms with Gasteiger partial charge in [-0.25, -0.2) is 0 Å². The summed E-state index contributed by atoms with van der Waals surface area (Å²) in [6, 6.07) is 0. The van der Waals surface area contributed by atoms with Gasteiger partial charge >= 0.3 is 49.1 Å². The zero-order valence-electron chi connectivity index (χ0n) is 4.16. The van der Waals surface area contributed by atoms with Crippen LogP contribution in [0, 0.1) is 34.0 Å². The summed E-state index contributed by atoms with van der Waals surface area (Å²) >= 11 is -2.42. The quantitative estimate of drug-likeness (QED) is 0.429. The molecule has 6 nitrogen and oxygen atoms in total. The first-order valence-corrected chi connectivity index (χ1v) is 4.90. The molecule has 60 valence electrons. The second kappa shape index (κ2) is 8.26. The van der Waals surface area contributed by atoms with Crippen LogP contribution in [-0.4, -0.2) is 15.1 Å². The fourth-order valence-corrected chi connectivity index (χ4v) is 1.92. The van der Waals surface area contributed by atoms with Crippen molar-refractivity contribution >= 4 is 15.1 Å². The molecule has 0 aromatic rings. The normalized spacial score (nSPS) is 9.90. The van der Waals surface area contributed by atoms with E-state index in [1.807, 2.05) is 0 Å². The van der Waals surface area contributed by atoms with Crippen LogP contribution in [0.4, 0.5) is 0 Å². The molecule has 0 radical (unpaired) electrons. The number of hydrogen-bond donors (Lipinski definition) is 0. The molecular formula is AlCl3O6. The van der Waals surface area contributed by atoms with E-state index < -0.39 is 15.1 Å². The largest absolute Gasteiger partial charge is 1.08 e. The van der Waals surface area contributed by atoms with E-state index in [0.29, 0.717) is 0 Å². The first kappa shape index (κ1) is 11.2. The Hall–Kier alpha value is 1.16. The smallest absolute Gasteiger partial charge is 0.508 e. The van der Waals surface area contributed by atoms with Gasteiger partial charge in [0.25, 0.3) is 0 Å². The molecule has 0 amide bonds. The zero-order valence-corrected chi connectivity index (χ0v) is 7.58. The molecule has 0 saturated carbocycles. The van der Waals surface area contributed by atoms with E-state index >= 15 is 0 Å². The molecule has 0 aliphatic heterocycles. The highest BCUT2D eigenvalue weighted by Crippen LogP contribution is 1.90. The van der Waals surface area contributed by atoms with Crippen molar-refractivity contribution in [2.45, 2.75) is 0 Å². The van der Waals surface area contributed by atoms with Crippen LogP contribution in [0.3, 0.4) is 0 Å². The van der Waals surface area contributed by atoms with E-state index in [0.717, 1.165) is 0 Å². The lowest BCUT2D eigenvalue weighted by Gasteiger charge is -1.87. The van der Waals surface area contributed by atoms with Crippen molar-refractivity contribution in [3.8, 4) is 0 Å². The van der Waals surface area contributed by atoms with E-state index in [1.54, 1.807) is 0 Å². The number of hydrogen-bond acceptors (Lipinski definition) is 6. The third-order valence-corrected chi connectivity index (χ3v) is 2.95. The predicted molar refractivity (Wildman–Crippen MR) is 9.01 cm³/mol. The van der Waals surface area contributed by atoms with Crippen molar-refractivity contribution in [3.05, 3.63) is 0 Å². The van der Waals surface area contributed by atoms with Gasteiger partial charge < -0.3 is 14.0 Å². The Morgan fingerprint density at radius 3 is 1.30 bits per heavy atom. The molecule has 0 unspecified atom stereocenters. The Morgan fingerprint density at radius 1 is 0.800 bits per heavy atom. The molecule has 0 atom stereocenters. The van der Waals surface area contributed by atoms with Crippen molar-refractivity contribution in [3.63, 3.8) is 0 Å². The second-order valence-electron chi connectivity index (χ2n) is 0.745. The minimum Gasteiger partial charge on any atom is -0.508 e. The molecule has 0 bridgehead atoms. The summed E-state index contributed by atoms with van der Waals surface area (Å²) < 4.78 is 40.9. The Morgan fingerprint density at radius 2 is 1.10 bits per heavy atom. The van der Waals surface area contributed by atoms with Crippen molar-refractivity contribution in [1.82, 2.24) is 0 Å². The van der Waals surface area contributed by atoms with Crippen LogP contribution in [0.15, 0.2) is 0 Å². The van der Waals surface area contributed by atoms with E-state index in [2.05, 4.69) is 10.0 Å². The van der Waals surface area contributed by atoms with Crippen LogP contribution in [0.25, 0.3) is 0 Å². The van der Waals surface area contributed by atoms with Crippen molar-refractivity contribution in [2.75, 3.05) is 0 Å². The molecule has 0 aliphatic carbocycles. The van der Waals surface area contributed by atoms with Gasteiger partial charge in [-0.3, -0.25) is 0 Å². The highest BCUT2D eigenvalue weighted by molar-refractivity contribution is 6.34. The minimum atomic E-state index is -2.86. The third kappa shape index (κ3) is 5.91.